The fourth-order valence-corrected chi connectivity index (χ4v) is 4.24. The molecule has 4 aromatic rings. The summed E-state index contributed by atoms with van der Waals surface area (Å²) in [5, 5.41) is 23.5. The highest BCUT2D eigenvalue weighted by molar-refractivity contribution is 5.99. The zero-order chi connectivity index (χ0) is 24.3. The molecule has 1 aliphatic heterocycles. The molecular weight excluding hydrogens is 459 g/mol. The fourth-order valence-electron chi connectivity index (χ4n) is 4.24. The standard InChI is InChI=1S/C22H15F5N6O/c1-9-15(11-4-5-29-17-12(11)2-3-13(16(17)23)19(24)25)22(32-7-10(34)8-32)33-21(30-9)14(6-28)18(31-33)20(26)27/h2-5,10,19-20,34H,7-8H2,1H3. The van der Waals surface area contributed by atoms with E-state index >= 15 is 0 Å². The number of β-amino-alcohol motifs (C(OH)–C–C–N with tert-alkyl or cyclic N) is 1. The van der Waals surface area contributed by atoms with Crippen LogP contribution in [0.3, 0.4) is 0 Å². The van der Waals surface area contributed by atoms with Crippen LogP contribution in [0.25, 0.3) is 27.7 Å². The third-order valence-corrected chi connectivity index (χ3v) is 5.81. The maximum Gasteiger partial charge on any atom is 0.283 e. The van der Waals surface area contributed by atoms with Crippen LogP contribution in [0.1, 0.15) is 35.4 Å². The molecule has 0 saturated carbocycles. The highest BCUT2D eigenvalue weighted by Crippen LogP contribution is 2.41. The number of nitrogens with zero attached hydrogens (tertiary/aromatic N) is 6. The van der Waals surface area contributed by atoms with E-state index in [-0.39, 0.29) is 41.0 Å². The van der Waals surface area contributed by atoms with E-state index in [2.05, 4.69) is 15.1 Å². The van der Waals surface area contributed by atoms with Crippen molar-refractivity contribution >= 4 is 22.4 Å². The highest BCUT2D eigenvalue weighted by atomic mass is 19.3. The predicted molar refractivity (Wildman–Crippen MR) is 111 cm³/mol. The number of aliphatic hydroxyl groups is 1. The molecule has 1 aliphatic rings. The molecule has 3 aromatic heterocycles. The molecule has 1 N–H and O–H groups in total. The molecule has 0 atom stereocenters. The fraction of sp³-hybridized carbons (Fsp3) is 0.273. The summed E-state index contributed by atoms with van der Waals surface area (Å²) in [6, 6.07) is 5.54. The van der Waals surface area contributed by atoms with Gasteiger partial charge in [0, 0.05) is 30.2 Å². The summed E-state index contributed by atoms with van der Waals surface area (Å²) >= 11 is 0. The minimum absolute atomic E-state index is 0.0834. The first kappa shape index (κ1) is 22.0. The van der Waals surface area contributed by atoms with Gasteiger partial charge in [0.1, 0.15) is 28.7 Å². The summed E-state index contributed by atoms with van der Waals surface area (Å²) in [4.78, 5) is 9.94. The van der Waals surface area contributed by atoms with Crippen LogP contribution in [-0.2, 0) is 0 Å². The number of aryl methyl sites for hydroxylation is 1. The van der Waals surface area contributed by atoms with Gasteiger partial charge in [-0.1, -0.05) is 6.07 Å². The Bertz CT molecular complexity index is 1490. The molecule has 1 saturated heterocycles. The number of hydrogen-bond donors (Lipinski definition) is 1. The van der Waals surface area contributed by atoms with Crippen LogP contribution in [0, 0.1) is 24.1 Å². The molecule has 0 spiro atoms. The number of aromatic nitrogens is 4. The predicted octanol–water partition coefficient (Wildman–Crippen LogP) is 4.32. The summed E-state index contributed by atoms with van der Waals surface area (Å²) in [5.74, 6) is -0.894. The minimum Gasteiger partial charge on any atom is -0.389 e. The zero-order valence-corrected chi connectivity index (χ0v) is 17.5. The number of alkyl halides is 4. The lowest BCUT2D eigenvalue weighted by Crippen LogP contribution is -2.51. The molecule has 0 radical (unpaired) electrons. The summed E-state index contributed by atoms with van der Waals surface area (Å²) < 4.78 is 69.6. The first-order valence-corrected chi connectivity index (χ1v) is 10.1. The second-order valence-corrected chi connectivity index (χ2v) is 7.89. The van der Waals surface area contributed by atoms with E-state index in [4.69, 9.17) is 0 Å². The first-order chi connectivity index (χ1) is 16.2. The van der Waals surface area contributed by atoms with E-state index in [0.29, 0.717) is 16.8 Å². The molecule has 0 unspecified atom stereocenters. The van der Waals surface area contributed by atoms with Crippen molar-refractivity contribution in [2.45, 2.75) is 25.9 Å². The van der Waals surface area contributed by atoms with Crippen LogP contribution in [-0.4, -0.2) is 43.9 Å². The minimum atomic E-state index is -3.03. The molecule has 34 heavy (non-hydrogen) atoms. The van der Waals surface area contributed by atoms with Gasteiger partial charge in [-0.15, -0.1) is 0 Å². The van der Waals surface area contributed by atoms with Gasteiger partial charge in [-0.25, -0.2) is 26.9 Å². The molecule has 7 nitrogen and oxygen atoms in total. The third kappa shape index (κ3) is 3.15. The van der Waals surface area contributed by atoms with Gasteiger partial charge in [0.25, 0.3) is 12.9 Å². The summed E-state index contributed by atoms with van der Waals surface area (Å²) in [6.45, 7) is 1.90. The van der Waals surface area contributed by atoms with E-state index in [9.17, 15) is 32.3 Å². The Kier molecular flexibility index (Phi) is 5.09. The average Bonchev–Trinajstić information content (AvgIpc) is 3.14. The van der Waals surface area contributed by atoms with E-state index in [1.807, 2.05) is 0 Å². The average molecular weight is 474 g/mol. The molecule has 5 rings (SSSR count). The largest absolute Gasteiger partial charge is 0.389 e. The SMILES string of the molecule is Cc1nc2c(C#N)c(C(F)F)nn2c(N2CC(O)C2)c1-c1ccnc2c(F)c(C(F)F)ccc12. The Morgan fingerprint density at radius 2 is 1.88 bits per heavy atom. The van der Waals surface area contributed by atoms with Crippen LogP contribution in [0.2, 0.25) is 0 Å². The number of fused-ring (bicyclic) bond motifs is 2. The van der Waals surface area contributed by atoms with E-state index < -0.39 is 36.0 Å². The Balaban J connectivity index is 1.87. The quantitative estimate of drug-likeness (QED) is 0.443. The Hall–Kier alpha value is -3.85. The zero-order valence-electron chi connectivity index (χ0n) is 17.5. The van der Waals surface area contributed by atoms with Crippen LogP contribution in [0.15, 0.2) is 24.4 Å². The highest BCUT2D eigenvalue weighted by Gasteiger charge is 2.33. The number of halogens is 5. The lowest BCUT2D eigenvalue weighted by atomic mass is 9.97. The molecular formula is C22H15F5N6O. The number of nitriles is 1. The van der Waals surface area contributed by atoms with E-state index in [1.165, 1.54) is 18.3 Å². The normalized spacial score (nSPS) is 14.4. The number of pyridine rings is 1. The van der Waals surface area contributed by atoms with Gasteiger partial charge in [-0.2, -0.15) is 14.9 Å². The Labute approximate surface area is 188 Å². The van der Waals surface area contributed by atoms with Crippen molar-refractivity contribution in [3.8, 4) is 17.2 Å². The van der Waals surface area contributed by atoms with Gasteiger partial charge in [0.05, 0.1) is 17.4 Å². The van der Waals surface area contributed by atoms with Crippen molar-refractivity contribution in [3.63, 3.8) is 0 Å². The lowest BCUT2D eigenvalue weighted by Gasteiger charge is -2.39. The van der Waals surface area contributed by atoms with Crippen LogP contribution in [0.5, 0.6) is 0 Å². The van der Waals surface area contributed by atoms with Crippen LogP contribution >= 0.6 is 0 Å². The molecule has 1 aromatic carbocycles. The molecule has 174 valence electrons. The number of anilines is 1. The smallest absolute Gasteiger partial charge is 0.283 e. The molecule has 12 heteroatoms. The summed E-state index contributed by atoms with van der Waals surface area (Å²) in [5.41, 5.74) is -1.23. The van der Waals surface area contributed by atoms with Crippen molar-refractivity contribution in [1.82, 2.24) is 19.6 Å². The van der Waals surface area contributed by atoms with Crippen molar-refractivity contribution in [2.75, 3.05) is 18.0 Å². The van der Waals surface area contributed by atoms with Gasteiger partial charge in [-0.3, -0.25) is 4.98 Å². The molecule has 0 bridgehead atoms. The molecule has 0 aliphatic carbocycles. The number of benzene rings is 1. The molecule has 1 fully saturated rings. The second kappa shape index (κ2) is 7.88. The molecule has 0 amide bonds. The van der Waals surface area contributed by atoms with E-state index in [0.717, 1.165) is 10.6 Å². The van der Waals surface area contributed by atoms with Crippen LogP contribution in [0.4, 0.5) is 27.8 Å². The number of aliphatic hydroxyl groups excluding tert-OH is 1. The first-order valence-electron chi connectivity index (χ1n) is 10.1. The van der Waals surface area contributed by atoms with Gasteiger partial charge < -0.3 is 10.0 Å². The topological polar surface area (TPSA) is 90.3 Å². The van der Waals surface area contributed by atoms with Crippen molar-refractivity contribution in [2.24, 2.45) is 0 Å². The summed E-state index contributed by atoms with van der Waals surface area (Å²) in [6.07, 6.45) is -5.48. The van der Waals surface area contributed by atoms with Gasteiger partial charge in [0.15, 0.2) is 11.5 Å². The lowest BCUT2D eigenvalue weighted by molar-refractivity contribution is 0.140. The van der Waals surface area contributed by atoms with Gasteiger partial charge in [0.2, 0.25) is 0 Å². The summed E-state index contributed by atoms with van der Waals surface area (Å²) in [7, 11) is 0. The monoisotopic (exact) mass is 474 g/mol. The molecule has 4 heterocycles. The number of rotatable bonds is 4. The van der Waals surface area contributed by atoms with E-state index in [1.54, 1.807) is 17.9 Å². The van der Waals surface area contributed by atoms with Crippen molar-refractivity contribution < 1.29 is 27.1 Å². The third-order valence-electron chi connectivity index (χ3n) is 5.81. The maximum atomic E-state index is 14.8. The Morgan fingerprint density at radius 1 is 1.15 bits per heavy atom. The maximum absolute atomic E-state index is 14.8. The van der Waals surface area contributed by atoms with Crippen LogP contribution < -0.4 is 4.90 Å². The van der Waals surface area contributed by atoms with Crippen molar-refractivity contribution in [3.05, 3.63) is 52.7 Å². The Morgan fingerprint density at radius 3 is 2.50 bits per heavy atom. The second-order valence-electron chi connectivity index (χ2n) is 7.89. The van der Waals surface area contributed by atoms with Crippen molar-refractivity contribution in [1.29, 1.82) is 5.26 Å². The van der Waals surface area contributed by atoms with Gasteiger partial charge >= 0.3 is 0 Å². The van der Waals surface area contributed by atoms with Gasteiger partial charge in [-0.05, 0) is 24.6 Å². The number of hydrogen-bond acceptors (Lipinski definition) is 6.